The first kappa shape index (κ1) is 23.9. The van der Waals surface area contributed by atoms with Gasteiger partial charge in [-0.05, 0) is 48.4 Å². The molecule has 0 radical (unpaired) electrons. The van der Waals surface area contributed by atoms with Crippen LogP contribution in [0.5, 0.6) is 5.75 Å². The summed E-state index contributed by atoms with van der Waals surface area (Å²) in [6.07, 6.45) is 2.80. The molecule has 4 aromatic rings. The van der Waals surface area contributed by atoms with Crippen LogP contribution < -0.4 is 14.5 Å². The number of hydrogen-bond donors (Lipinski definition) is 1. The molecular formula is C31H29N3O4. The van der Waals surface area contributed by atoms with E-state index < -0.39 is 17.7 Å². The molecular weight excluding hydrogens is 478 g/mol. The molecule has 1 fully saturated rings. The van der Waals surface area contributed by atoms with E-state index in [1.54, 1.807) is 12.1 Å². The van der Waals surface area contributed by atoms with Gasteiger partial charge in [-0.2, -0.15) is 0 Å². The number of carbonyl (C=O) groups is 2. The van der Waals surface area contributed by atoms with Gasteiger partial charge >= 0.3 is 0 Å². The maximum atomic E-state index is 13.7. The SMILES string of the molecule is CCc1ccc(N2C(=O)C(=O)/C(=C(/O)c3ccc4c(c3)N(C)CCO4)C2c2cn(C)c3ccccc23)cc1. The maximum Gasteiger partial charge on any atom is 0.300 e. The quantitative estimate of drug-likeness (QED) is 0.234. The average Bonchev–Trinajstić information content (AvgIpc) is 3.41. The molecule has 1 atom stereocenters. The van der Waals surface area contributed by atoms with E-state index in [0.29, 0.717) is 24.4 Å². The largest absolute Gasteiger partial charge is 0.507 e. The molecule has 2 aliphatic heterocycles. The van der Waals surface area contributed by atoms with Crippen LogP contribution in [0.2, 0.25) is 0 Å². The number of rotatable bonds is 4. The first-order valence-corrected chi connectivity index (χ1v) is 12.8. The Bertz CT molecular complexity index is 1620. The zero-order valence-electron chi connectivity index (χ0n) is 21.6. The highest BCUT2D eigenvalue weighted by molar-refractivity contribution is 6.52. The van der Waals surface area contributed by atoms with Crippen molar-refractivity contribution < 1.29 is 19.4 Å². The standard InChI is InChI=1S/C31H29N3O4/c1-4-19-9-12-21(13-10-19)34-28(23-18-33(3)24-8-6-5-7-22(23)24)27(30(36)31(34)37)29(35)20-11-14-26-25(17-20)32(2)15-16-38-26/h5-14,17-18,28,35H,4,15-16H2,1-3H3/b29-27+. The molecule has 1 unspecified atom stereocenters. The smallest absolute Gasteiger partial charge is 0.300 e. The van der Waals surface area contributed by atoms with Gasteiger partial charge in [0.15, 0.2) is 0 Å². The summed E-state index contributed by atoms with van der Waals surface area (Å²) in [4.78, 5) is 30.8. The zero-order chi connectivity index (χ0) is 26.6. The third-order valence-corrected chi connectivity index (χ3v) is 7.62. The van der Waals surface area contributed by atoms with Gasteiger partial charge in [-0.1, -0.05) is 37.3 Å². The van der Waals surface area contributed by atoms with E-state index in [2.05, 4.69) is 6.92 Å². The Morgan fingerprint density at radius 3 is 2.55 bits per heavy atom. The van der Waals surface area contributed by atoms with Gasteiger partial charge in [0.25, 0.3) is 11.7 Å². The van der Waals surface area contributed by atoms with Gasteiger partial charge in [0.05, 0.1) is 23.8 Å². The minimum atomic E-state index is -0.793. The minimum absolute atomic E-state index is 0.0743. The van der Waals surface area contributed by atoms with E-state index in [1.165, 1.54) is 4.90 Å². The number of anilines is 2. The van der Waals surface area contributed by atoms with Crippen LogP contribution in [0.4, 0.5) is 11.4 Å². The highest BCUT2D eigenvalue weighted by Crippen LogP contribution is 2.45. The second kappa shape index (κ2) is 9.10. The van der Waals surface area contributed by atoms with Gasteiger partial charge in [-0.15, -0.1) is 0 Å². The molecule has 1 amide bonds. The number of benzene rings is 3. The maximum absolute atomic E-state index is 13.7. The van der Waals surface area contributed by atoms with Crippen LogP contribution in [-0.2, 0) is 23.1 Å². The molecule has 1 N–H and O–H groups in total. The van der Waals surface area contributed by atoms with Crippen molar-refractivity contribution in [3.63, 3.8) is 0 Å². The molecule has 2 aliphatic rings. The topological polar surface area (TPSA) is 75.0 Å². The normalized spacial score (nSPS) is 18.7. The number of amides is 1. The molecule has 6 rings (SSSR count). The van der Waals surface area contributed by atoms with Gasteiger partial charge in [0.1, 0.15) is 18.1 Å². The number of aromatic nitrogens is 1. The van der Waals surface area contributed by atoms with E-state index in [9.17, 15) is 14.7 Å². The van der Waals surface area contributed by atoms with Crippen LogP contribution in [0.1, 0.15) is 29.7 Å². The third kappa shape index (κ3) is 3.65. The monoisotopic (exact) mass is 507 g/mol. The number of nitrogens with zero attached hydrogens (tertiary/aromatic N) is 3. The molecule has 0 bridgehead atoms. The van der Waals surface area contributed by atoms with Crippen molar-refractivity contribution in [2.75, 3.05) is 30.0 Å². The highest BCUT2D eigenvalue weighted by Gasteiger charge is 2.48. The fraction of sp³-hybridized carbons (Fsp3) is 0.226. The summed E-state index contributed by atoms with van der Waals surface area (Å²) < 4.78 is 7.74. The molecule has 38 heavy (non-hydrogen) atoms. The number of aliphatic hydroxyl groups is 1. The summed E-state index contributed by atoms with van der Waals surface area (Å²) in [5.74, 6) is -0.845. The van der Waals surface area contributed by atoms with Crippen LogP contribution in [-0.4, -0.2) is 41.6 Å². The van der Waals surface area contributed by atoms with Gasteiger partial charge in [0, 0.05) is 48.0 Å². The lowest BCUT2D eigenvalue weighted by atomic mass is 9.94. The van der Waals surface area contributed by atoms with Gasteiger partial charge in [-0.3, -0.25) is 14.5 Å². The average molecular weight is 508 g/mol. The van der Waals surface area contributed by atoms with Crippen LogP contribution in [0.15, 0.2) is 78.5 Å². The first-order valence-electron chi connectivity index (χ1n) is 12.8. The summed E-state index contributed by atoms with van der Waals surface area (Å²) in [5.41, 5.74) is 4.86. The van der Waals surface area contributed by atoms with Crippen molar-refractivity contribution in [3.05, 3.63) is 95.2 Å². The second-order valence-corrected chi connectivity index (χ2v) is 9.85. The van der Waals surface area contributed by atoms with E-state index in [1.807, 2.05) is 84.4 Å². The first-order chi connectivity index (χ1) is 18.4. The molecule has 0 spiro atoms. The molecule has 0 saturated carbocycles. The lowest BCUT2D eigenvalue weighted by Gasteiger charge is -2.28. The van der Waals surface area contributed by atoms with E-state index in [0.717, 1.165) is 39.9 Å². The fourth-order valence-corrected chi connectivity index (χ4v) is 5.53. The van der Waals surface area contributed by atoms with Crippen molar-refractivity contribution in [1.29, 1.82) is 0 Å². The number of carbonyl (C=O) groups excluding carboxylic acids is 2. The summed E-state index contributed by atoms with van der Waals surface area (Å²) >= 11 is 0. The van der Waals surface area contributed by atoms with E-state index in [4.69, 9.17) is 4.74 Å². The number of aryl methyl sites for hydroxylation is 2. The van der Waals surface area contributed by atoms with E-state index >= 15 is 0 Å². The van der Waals surface area contributed by atoms with Crippen LogP contribution >= 0.6 is 0 Å². The minimum Gasteiger partial charge on any atom is -0.507 e. The van der Waals surface area contributed by atoms with Gasteiger partial charge in [0.2, 0.25) is 0 Å². The number of hydrogen-bond acceptors (Lipinski definition) is 5. The third-order valence-electron chi connectivity index (χ3n) is 7.62. The summed E-state index contributed by atoms with van der Waals surface area (Å²) in [6.45, 7) is 3.36. The lowest BCUT2D eigenvalue weighted by Crippen LogP contribution is -2.29. The number of ketones is 1. The number of para-hydroxylation sites is 1. The Morgan fingerprint density at radius 1 is 1.03 bits per heavy atom. The number of ether oxygens (including phenoxy) is 1. The van der Waals surface area contributed by atoms with Crippen molar-refractivity contribution in [2.24, 2.45) is 7.05 Å². The van der Waals surface area contributed by atoms with Crippen molar-refractivity contribution in [2.45, 2.75) is 19.4 Å². The van der Waals surface area contributed by atoms with Crippen LogP contribution in [0.3, 0.4) is 0 Å². The van der Waals surface area contributed by atoms with Crippen molar-refractivity contribution >= 4 is 39.7 Å². The fourth-order valence-electron chi connectivity index (χ4n) is 5.53. The Hall–Kier alpha value is -4.52. The van der Waals surface area contributed by atoms with Crippen molar-refractivity contribution in [3.8, 4) is 5.75 Å². The molecule has 192 valence electrons. The van der Waals surface area contributed by atoms with Crippen molar-refractivity contribution in [1.82, 2.24) is 4.57 Å². The predicted octanol–water partition coefficient (Wildman–Crippen LogP) is 5.20. The van der Waals surface area contributed by atoms with E-state index in [-0.39, 0.29) is 11.3 Å². The molecule has 3 aromatic carbocycles. The molecule has 0 aliphatic carbocycles. The number of Topliss-reactive ketones (excluding diaryl/α,β-unsaturated/α-hetero) is 1. The van der Waals surface area contributed by atoms with Crippen LogP contribution in [0.25, 0.3) is 16.7 Å². The molecule has 1 aromatic heterocycles. The number of likely N-dealkylation sites (N-methyl/N-ethyl adjacent to an activating group) is 1. The molecule has 7 nitrogen and oxygen atoms in total. The Morgan fingerprint density at radius 2 is 1.79 bits per heavy atom. The highest BCUT2D eigenvalue weighted by atomic mass is 16.5. The summed E-state index contributed by atoms with van der Waals surface area (Å²) in [6, 6.07) is 20.1. The summed E-state index contributed by atoms with van der Waals surface area (Å²) in [7, 11) is 3.90. The van der Waals surface area contributed by atoms with Gasteiger partial charge in [-0.25, -0.2) is 0 Å². The Balaban J connectivity index is 1.58. The second-order valence-electron chi connectivity index (χ2n) is 9.85. The Labute approximate surface area is 221 Å². The number of aliphatic hydroxyl groups excluding tert-OH is 1. The zero-order valence-corrected chi connectivity index (χ0v) is 21.6. The predicted molar refractivity (Wildman–Crippen MR) is 149 cm³/mol. The molecule has 1 saturated heterocycles. The molecule has 3 heterocycles. The molecule has 7 heteroatoms. The summed E-state index contributed by atoms with van der Waals surface area (Å²) in [5, 5.41) is 12.6. The van der Waals surface area contributed by atoms with Gasteiger partial charge < -0.3 is 19.3 Å². The number of fused-ring (bicyclic) bond motifs is 2. The lowest BCUT2D eigenvalue weighted by molar-refractivity contribution is -0.132. The van der Waals surface area contributed by atoms with Crippen LogP contribution in [0, 0.1) is 0 Å². The Kier molecular flexibility index (Phi) is 5.71.